The summed E-state index contributed by atoms with van der Waals surface area (Å²) in [4.78, 5) is 21.5. The molecule has 1 fully saturated rings. The van der Waals surface area contributed by atoms with Crippen molar-refractivity contribution >= 4 is 45.1 Å². The summed E-state index contributed by atoms with van der Waals surface area (Å²) < 4.78 is 6.55. The molecule has 4 rings (SSSR count). The fraction of sp³-hybridized carbons (Fsp3) is 0.520. The number of aromatic nitrogens is 1. The summed E-state index contributed by atoms with van der Waals surface area (Å²) in [6, 6.07) is 8.00. The highest BCUT2D eigenvalue weighted by Crippen LogP contribution is 2.41. The second-order valence-corrected chi connectivity index (χ2v) is 11.4. The van der Waals surface area contributed by atoms with Gasteiger partial charge in [0.25, 0.3) is 0 Å². The Labute approximate surface area is 200 Å². The number of hydrogen-bond donors (Lipinski definition) is 0. The van der Waals surface area contributed by atoms with Crippen LogP contribution in [-0.4, -0.2) is 57.6 Å². The number of thioether (sulfide) groups is 1. The summed E-state index contributed by atoms with van der Waals surface area (Å²) in [6.45, 7) is 16.4. The number of pyridine rings is 1. The first-order valence-electron chi connectivity index (χ1n) is 11.2. The van der Waals surface area contributed by atoms with Crippen LogP contribution in [0.2, 0.25) is 5.02 Å². The number of halogens is 1. The molecule has 1 unspecified atom stereocenters. The van der Waals surface area contributed by atoms with Gasteiger partial charge in [0, 0.05) is 54.0 Å². The van der Waals surface area contributed by atoms with Crippen LogP contribution in [0.4, 0.5) is 5.69 Å². The van der Waals surface area contributed by atoms with Crippen molar-refractivity contribution in [2.75, 3.05) is 31.1 Å². The molecule has 2 aliphatic heterocycles. The molecule has 0 saturated carbocycles. The molecular formula is C25H32ClN3O2S. The second kappa shape index (κ2) is 8.54. The van der Waals surface area contributed by atoms with E-state index in [0.717, 1.165) is 48.4 Å². The SMILES string of the molecule is CC1=C(OC(C)(C)C(C)(C)N2CCN(c3ccnc4cc(Cl)ccc34)CC2)C(C)SC1=O. The lowest BCUT2D eigenvalue weighted by Gasteiger charge is -2.52. The lowest BCUT2D eigenvalue weighted by Crippen LogP contribution is -2.63. The highest BCUT2D eigenvalue weighted by Gasteiger charge is 2.46. The minimum absolute atomic E-state index is 0.0721. The summed E-state index contributed by atoms with van der Waals surface area (Å²) in [5.74, 6) is 0.832. The van der Waals surface area contributed by atoms with E-state index in [2.05, 4.69) is 54.6 Å². The summed E-state index contributed by atoms with van der Waals surface area (Å²) in [6.07, 6.45) is 1.86. The Balaban J connectivity index is 1.49. The first-order valence-corrected chi connectivity index (χ1v) is 12.4. The molecule has 1 aromatic carbocycles. The lowest BCUT2D eigenvalue weighted by atomic mass is 9.83. The lowest BCUT2D eigenvalue weighted by molar-refractivity contribution is -0.108. The largest absolute Gasteiger partial charge is 0.489 e. The van der Waals surface area contributed by atoms with Crippen molar-refractivity contribution in [3.63, 3.8) is 0 Å². The number of ether oxygens (including phenoxy) is 1. The van der Waals surface area contributed by atoms with Crippen molar-refractivity contribution in [1.82, 2.24) is 9.88 Å². The Hall–Kier alpha value is -1.76. The Bertz CT molecular complexity index is 1070. The van der Waals surface area contributed by atoms with E-state index >= 15 is 0 Å². The molecule has 172 valence electrons. The third kappa shape index (κ3) is 4.13. The fourth-order valence-electron chi connectivity index (χ4n) is 4.54. The van der Waals surface area contributed by atoms with Gasteiger partial charge in [-0.25, -0.2) is 0 Å². The Kier molecular flexibility index (Phi) is 6.25. The van der Waals surface area contributed by atoms with Gasteiger partial charge in [-0.1, -0.05) is 23.4 Å². The van der Waals surface area contributed by atoms with Crippen LogP contribution in [0.1, 0.15) is 41.5 Å². The highest BCUT2D eigenvalue weighted by molar-refractivity contribution is 8.15. The zero-order valence-corrected chi connectivity index (χ0v) is 21.3. The molecule has 0 radical (unpaired) electrons. The molecule has 1 saturated heterocycles. The quantitative estimate of drug-likeness (QED) is 0.569. The standard InChI is InChI=1S/C25H32ClN3O2S/c1-16-22(17(2)32-23(16)30)31-25(5,6)24(3,4)29-13-11-28(12-14-29)21-9-10-27-20-15-18(26)7-8-19(20)21/h7-10,15,17H,11-14H2,1-6H3. The predicted octanol–water partition coefficient (Wildman–Crippen LogP) is 5.52. The van der Waals surface area contributed by atoms with Gasteiger partial charge in [-0.15, -0.1) is 0 Å². The van der Waals surface area contributed by atoms with E-state index in [4.69, 9.17) is 16.3 Å². The van der Waals surface area contributed by atoms with Gasteiger partial charge in [-0.2, -0.15) is 0 Å². The molecule has 2 aromatic rings. The number of piperazine rings is 1. The van der Waals surface area contributed by atoms with Gasteiger partial charge in [-0.05, 0) is 65.8 Å². The van der Waals surface area contributed by atoms with Gasteiger partial charge in [0.2, 0.25) is 5.12 Å². The zero-order valence-electron chi connectivity index (χ0n) is 19.7. The third-order valence-electron chi connectivity index (χ3n) is 7.26. The average Bonchev–Trinajstić information content (AvgIpc) is 2.98. The molecule has 32 heavy (non-hydrogen) atoms. The number of anilines is 1. The number of rotatable bonds is 5. The molecule has 1 atom stereocenters. The molecule has 1 aromatic heterocycles. The third-order valence-corrected chi connectivity index (χ3v) is 8.58. The number of carbonyl (C=O) groups is 1. The van der Waals surface area contributed by atoms with Crippen LogP contribution in [0.5, 0.6) is 0 Å². The molecule has 2 aliphatic rings. The van der Waals surface area contributed by atoms with Crippen LogP contribution in [0, 0.1) is 0 Å². The van der Waals surface area contributed by atoms with Crippen molar-refractivity contribution in [2.24, 2.45) is 0 Å². The van der Waals surface area contributed by atoms with E-state index in [1.165, 1.54) is 17.4 Å². The van der Waals surface area contributed by atoms with Crippen LogP contribution in [0.25, 0.3) is 10.9 Å². The number of hydrogen-bond acceptors (Lipinski definition) is 6. The summed E-state index contributed by atoms with van der Waals surface area (Å²) in [5, 5.41) is 2.04. The van der Waals surface area contributed by atoms with Crippen LogP contribution in [-0.2, 0) is 9.53 Å². The molecule has 0 spiro atoms. The first kappa shape index (κ1) is 23.4. The van der Waals surface area contributed by atoms with E-state index in [1.54, 1.807) is 0 Å². The molecule has 0 aliphatic carbocycles. The number of fused-ring (bicyclic) bond motifs is 1. The summed E-state index contributed by atoms with van der Waals surface area (Å²) in [7, 11) is 0. The summed E-state index contributed by atoms with van der Waals surface area (Å²) in [5.41, 5.74) is 2.22. The molecule has 3 heterocycles. The predicted molar refractivity (Wildman–Crippen MR) is 135 cm³/mol. The van der Waals surface area contributed by atoms with E-state index in [-0.39, 0.29) is 15.9 Å². The van der Waals surface area contributed by atoms with Crippen molar-refractivity contribution in [3.05, 3.63) is 46.8 Å². The number of carbonyl (C=O) groups excluding carboxylic acids is 1. The van der Waals surface area contributed by atoms with Gasteiger partial charge in [0.15, 0.2) is 0 Å². The average molecular weight is 474 g/mol. The van der Waals surface area contributed by atoms with Crippen molar-refractivity contribution in [1.29, 1.82) is 0 Å². The van der Waals surface area contributed by atoms with E-state index in [9.17, 15) is 4.79 Å². The highest BCUT2D eigenvalue weighted by atomic mass is 35.5. The van der Waals surface area contributed by atoms with Crippen molar-refractivity contribution in [2.45, 2.75) is 57.9 Å². The monoisotopic (exact) mass is 473 g/mol. The minimum atomic E-state index is -0.453. The number of nitrogens with zero attached hydrogens (tertiary/aromatic N) is 3. The van der Waals surface area contributed by atoms with Crippen LogP contribution in [0.3, 0.4) is 0 Å². The van der Waals surface area contributed by atoms with E-state index in [0.29, 0.717) is 5.02 Å². The minimum Gasteiger partial charge on any atom is -0.489 e. The van der Waals surface area contributed by atoms with Crippen molar-refractivity contribution < 1.29 is 9.53 Å². The van der Waals surface area contributed by atoms with Crippen molar-refractivity contribution in [3.8, 4) is 0 Å². The van der Waals surface area contributed by atoms with Crippen LogP contribution < -0.4 is 4.90 Å². The maximum absolute atomic E-state index is 12.1. The number of benzene rings is 1. The Morgan fingerprint density at radius 3 is 2.44 bits per heavy atom. The van der Waals surface area contributed by atoms with Crippen LogP contribution >= 0.6 is 23.4 Å². The van der Waals surface area contributed by atoms with Gasteiger partial charge in [-0.3, -0.25) is 14.7 Å². The summed E-state index contributed by atoms with van der Waals surface area (Å²) >= 11 is 7.51. The van der Waals surface area contributed by atoms with E-state index < -0.39 is 5.60 Å². The topological polar surface area (TPSA) is 45.7 Å². The van der Waals surface area contributed by atoms with Crippen LogP contribution in [0.15, 0.2) is 41.8 Å². The zero-order chi connectivity index (χ0) is 23.3. The molecule has 0 amide bonds. The van der Waals surface area contributed by atoms with Gasteiger partial charge in [0.05, 0.1) is 16.3 Å². The Morgan fingerprint density at radius 1 is 1.12 bits per heavy atom. The second-order valence-electron chi connectivity index (χ2n) is 9.67. The molecule has 0 bridgehead atoms. The van der Waals surface area contributed by atoms with Gasteiger partial charge in [0.1, 0.15) is 11.4 Å². The maximum Gasteiger partial charge on any atom is 0.219 e. The van der Waals surface area contributed by atoms with Gasteiger partial charge >= 0.3 is 0 Å². The smallest absolute Gasteiger partial charge is 0.219 e. The fourth-order valence-corrected chi connectivity index (χ4v) is 5.63. The van der Waals surface area contributed by atoms with E-state index in [1.807, 2.05) is 32.2 Å². The molecular weight excluding hydrogens is 442 g/mol. The Morgan fingerprint density at radius 2 is 1.81 bits per heavy atom. The molecule has 0 N–H and O–H groups in total. The first-order chi connectivity index (χ1) is 15.0. The molecule has 5 nitrogen and oxygen atoms in total. The normalized spacial score (nSPS) is 21.0. The maximum atomic E-state index is 12.1. The molecule has 7 heteroatoms. The van der Waals surface area contributed by atoms with Gasteiger partial charge < -0.3 is 9.64 Å².